The lowest BCUT2D eigenvalue weighted by Crippen LogP contribution is -2.10. The topological polar surface area (TPSA) is 43.4 Å². The van der Waals surface area contributed by atoms with E-state index in [0.29, 0.717) is 0 Å². The normalized spacial score (nSPS) is 11.5. The molecule has 0 spiro atoms. The molecule has 0 unspecified atom stereocenters. The smallest absolute Gasteiger partial charge is 0.340 e. The van der Waals surface area contributed by atoms with Crippen molar-refractivity contribution in [3.05, 3.63) is 55.4 Å². The minimum atomic E-state index is -4.24. The zero-order valence-corrected chi connectivity index (χ0v) is 14.5. The molecule has 0 amide bonds. The predicted molar refractivity (Wildman–Crippen MR) is 85.7 cm³/mol. The largest absolute Gasteiger partial charge is 0.377 e. The summed E-state index contributed by atoms with van der Waals surface area (Å²) < 4.78 is 29.4. The summed E-state index contributed by atoms with van der Waals surface area (Å²) in [7, 11) is -4.24. The molecule has 2 aromatic carbocycles. The third-order valence-corrected chi connectivity index (χ3v) is 5.58. The molecule has 0 radical (unpaired) electrons. The van der Waals surface area contributed by atoms with Crippen LogP contribution in [0.5, 0.6) is 5.75 Å². The van der Waals surface area contributed by atoms with Crippen molar-refractivity contribution in [1.29, 1.82) is 0 Å². The zero-order valence-electron chi connectivity index (χ0n) is 9.91. The van der Waals surface area contributed by atoms with Gasteiger partial charge in [0.2, 0.25) is 0 Å². The van der Waals surface area contributed by atoms with E-state index in [0.717, 1.165) is 6.07 Å². The van der Waals surface area contributed by atoms with Crippen molar-refractivity contribution in [3.8, 4) is 5.75 Å². The average Bonchev–Trinajstić information content (AvgIpc) is 2.39. The molecule has 0 N–H and O–H groups in total. The van der Waals surface area contributed by atoms with Crippen molar-refractivity contribution >= 4 is 68.1 Å². The van der Waals surface area contributed by atoms with Gasteiger partial charge in [-0.05, 0) is 24.3 Å². The van der Waals surface area contributed by atoms with Gasteiger partial charge in [-0.25, -0.2) is 0 Å². The summed E-state index contributed by atoms with van der Waals surface area (Å²) in [4.78, 5) is -0.324. The van der Waals surface area contributed by atoms with Crippen molar-refractivity contribution in [2.75, 3.05) is 0 Å². The molecule has 0 bridgehead atoms. The fourth-order valence-electron chi connectivity index (χ4n) is 1.41. The van der Waals surface area contributed by atoms with Gasteiger partial charge in [0.05, 0.1) is 20.1 Å². The molecule has 9 heteroatoms. The second-order valence-corrected chi connectivity index (χ2v) is 7.31. The summed E-state index contributed by atoms with van der Waals surface area (Å²) in [5.74, 6) is -0.119. The van der Waals surface area contributed by atoms with Gasteiger partial charge in [-0.2, -0.15) is 8.42 Å². The maximum atomic E-state index is 12.2. The summed E-state index contributed by atoms with van der Waals surface area (Å²) in [5.41, 5.74) is 0. The van der Waals surface area contributed by atoms with Gasteiger partial charge < -0.3 is 4.18 Å². The Morgan fingerprint density at radius 3 is 2.10 bits per heavy atom. The van der Waals surface area contributed by atoms with Crippen LogP contribution in [0.25, 0.3) is 0 Å². The Morgan fingerprint density at radius 1 is 0.810 bits per heavy atom. The molecule has 2 aromatic rings. The van der Waals surface area contributed by atoms with Crippen molar-refractivity contribution in [2.24, 2.45) is 0 Å². The molecule has 0 aliphatic carbocycles. The Labute approximate surface area is 146 Å². The maximum Gasteiger partial charge on any atom is 0.340 e. The highest BCUT2D eigenvalue weighted by Crippen LogP contribution is 2.36. The average molecular weight is 407 g/mol. The Bertz CT molecular complexity index is 805. The van der Waals surface area contributed by atoms with Crippen LogP contribution in [0.4, 0.5) is 0 Å². The molecule has 0 saturated carbocycles. The summed E-state index contributed by atoms with van der Waals surface area (Å²) >= 11 is 29.1. The Morgan fingerprint density at radius 2 is 1.43 bits per heavy atom. The maximum absolute atomic E-state index is 12.2. The SMILES string of the molecule is O=S(=O)(Oc1cccc(Cl)c1Cl)c1cc(Cl)c(Cl)cc1Cl. The van der Waals surface area contributed by atoms with Crippen LogP contribution in [-0.2, 0) is 10.1 Å². The van der Waals surface area contributed by atoms with Gasteiger partial charge in [0.1, 0.15) is 9.92 Å². The van der Waals surface area contributed by atoms with Gasteiger partial charge in [0.15, 0.2) is 5.75 Å². The Balaban J connectivity index is 2.48. The molecule has 0 aliphatic rings. The molecule has 21 heavy (non-hydrogen) atoms. The first-order valence-corrected chi connectivity index (χ1v) is 8.55. The minimum Gasteiger partial charge on any atom is -0.377 e. The molecule has 0 aliphatic heterocycles. The highest BCUT2D eigenvalue weighted by molar-refractivity contribution is 7.87. The summed E-state index contributed by atoms with van der Waals surface area (Å²) in [6, 6.07) is 6.66. The molecule has 0 atom stereocenters. The van der Waals surface area contributed by atoms with Crippen molar-refractivity contribution in [3.63, 3.8) is 0 Å². The van der Waals surface area contributed by atoms with E-state index in [-0.39, 0.29) is 35.8 Å². The van der Waals surface area contributed by atoms with Crippen LogP contribution in [0.2, 0.25) is 25.1 Å². The molecule has 0 heterocycles. The predicted octanol–water partition coefficient (Wildman–Crippen LogP) is 5.72. The first-order chi connectivity index (χ1) is 9.72. The Kier molecular flexibility index (Phi) is 5.19. The highest BCUT2D eigenvalue weighted by Gasteiger charge is 2.23. The first kappa shape index (κ1) is 17.0. The van der Waals surface area contributed by atoms with Crippen LogP contribution in [-0.4, -0.2) is 8.42 Å². The third-order valence-electron chi connectivity index (χ3n) is 2.36. The quantitative estimate of drug-likeness (QED) is 0.484. The lowest BCUT2D eigenvalue weighted by atomic mass is 10.3. The van der Waals surface area contributed by atoms with Crippen molar-refractivity contribution in [2.45, 2.75) is 4.90 Å². The fourth-order valence-corrected chi connectivity index (χ4v) is 3.70. The van der Waals surface area contributed by atoms with Crippen LogP contribution < -0.4 is 4.18 Å². The molecule has 0 saturated heterocycles. The third kappa shape index (κ3) is 3.70. The summed E-state index contributed by atoms with van der Waals surface area (Å²) in [6.45, 7) is 0. The molecule has 0 fully saturated rings. The van der Waals surface area contributed by atoms with E-state index in [1.807, 2.05) is 0 Å². The molecule has 112 valence electrons. The number of hydrogen-bond donors (Lipinski definition) is 0. The van der Waals surface area contributed by atoms with Gasteiger partial charge in [-0.1, -0.05) is 64.1 Å². The van der Waals surface area contributed by atoms with Crippen LogP contribution >= 0.6 is 58.0 Å². The van der Waals surface area contributed by atoms with E-state index in [1.54, 1.807) is 0 Å². The van der Waals surface area contributed by atoms with E-state index in [4.69, 9.17) is 62.2 Å². The van der Waals surface area contributed by atoms with E-state index in [9.17, 15) is 8.42 Å². The van der Waals surface area contributed by atoms with Gasteiger partial charge in [-0.15, -0.1) is 0 Å². The number of halogens is 5. The van der Waals surface area contributed by atoms with E-state index in [2.05, 4.69) is 0 Å². The van der Waals surface area contributed by atoms with Gasteiger partial charge in [-0.3, -0.25) is 0 Å². The van der Waals surface area contributed by atoms with E-state index < -0.39 is 10.1 Å². The lowest BCUT2D eigenvalue weighted by molar-refractivity contribution is 0.486. The molecule has 2 rings (SSSR count). The molecular formula is C12H5Cl5O3S. The van der Waals surface area contributed by atoms with Crippen LogP contribution in [0.1, 0.15) is 0 Å². The second kappa shape index (κ2) is 6.41. The zero-order chi connectivity index (χ0) is 15.8. The van der Waals surface area contributed by atoms with Gasteiger partial charge in [0, 0.05) is 0 Å². The lowest BCUT2D eigenvalue weighted by Gasteiger charge is -2.11. The van der Waals surface area contributed by atoms with Crippen LogP contribution in [0.3, 0.4) is 0 Å². The van der Waals surface area contributed by atoms with Crippen molar-refractivity contribution < 1.29 is 12.6 Å². The fraction of sp³-hybridized carbons (Fsp3) is 0. The number of hydrogen-bond acceptors (Lipinski definition) is 3. The van der Waals surface area contributed by atoms with Gasteiger partial charge in [0.25, 0.3) is 0 Å². The highest BCUT2D eigenvalue weighted by atomic mass is 35.5. The monoisotopic (exact) mass is 404 g/mol. The summed E-state index contributed by atoms with van der Waals surface area (Å²) in [5, 5.41) is 0.160. The van der Waals surface area contributed by atoms with Crippen molar-refractivity contribution in [1.82, 2.24) is 0 Å². The molecule has 3 nitrogen and oxygen atoms in total. The standard InChI is InChI=1S/C12H5Cl5O3S/c13-6-2-1-3-10(12(6)17)20-21(18,19)11-5-8(15)7(14)4-9(11)16/h1-5H. The van der Waals surface area contributed by atoms with Crippen LogP contribution in [0, 0.1) is 0 Å². The molecule has 0 aromatic heterocycles. The molecular weight excluding hydrogens is 401 g/mol. The first-order valence-electron chi connectivity index (χ1n) is 5.25. The van der Waals surface area contributed by atoms with Crippen LogP contribution in [0.15, 0.2) is 35.2 Å². The van der Waals surface area contributed by atoms with E-state index in [1.165, 1.54) is 24.3 Å². The second-order valence-electron chi connectivity index (χ2n) is 3.79. The number of benzene rings is 2. The Hall–Kier alpha value is -0.360. The summed E-state index contributed by atoms with van der Waals surface area (Å²) in [6.07, 6.45) is 0. The minimum absolute atomic E-state index is 0.0282. The number of rotatable bonds is 3. The van der Waals surface area contributed by atoms with E-state index >= 15 is 0 Å². The van der Waals surface area contributed by atoms with Gasteiger partial charge >= 0.3 is 10.1 Å².